The Labute approximate surface area is 104 Å². The highest BCUT2D eigenvalue weighted by atomic mass is 16.1. The summed E-state index contributed by atoms with van der Waals surface area (Å²) in [5.41, 5.74) is 1.36. The van der Waals surface area contributed by atoms with Gasteiger partial charge in [0.2, 0.25) is 0 Å². The second-order valence-corrected chi connectivity index (χ2v) is 5.32. The summed E-state index contributed by atoms with van der Waals surface area (Å²) in [6, 6.07) is 10.6. The Morgan fingerprint density at radius 3 is 2.41 bits per heavy atom. The summed E-state index contributed by atoms with van der Waals surface area (Å²) >= 11 is 0. The summed E-state index contributed by atoms with van der Waals surface area (Å²) < 4.78 is 0. The monoisotopic (exact) mass is 230 g/mol. The van der Waals surface area contributed by atoms with E-state index in [1.54, 1.807) is 6.92 Å². The summed E-state index contributed by atoms with van der Waals surface area (Å²) in [6.07, 6.45) is 7.37. The van der Waals surface area contributed by atoms with Gasteiger partial charge in [-0.15, -0.1) is 0 Å². The van der Waals surface area contributed by atoms with E-state index in [-0.39, 0.29) is 0 Å². The molecule has 1 heteroatoms. The minimum atomic E-state index is 0.324. The van der Waals surface area contributed by atoms with Crippen LogP contribution in [0, 0.1) is 5.92 Å². The van der Waals surface area contributed by atoms with Gasteiger partial charge in [-0.2, -0.15) is 0 Å². The van der Waals surface area contributed by atoms with Gasteiger partial charge >= 0.3 is 0 Å². The molecule has 0 spiro atoms. The Balaban J connectivity index is 2.15. The van der Waals surface area contributed by atoms with Crippen LogP contribution >= 0.6 is 0 Å². The molecule has 92 valence electrons. The molecule has 0 bridgehead atoms. The molecule has 0 N–H and O–H groups in total. The lowest BCUT2D eigenvalue weighted by Gasteiger charge is -2.30. The fourth-order valence-electron chi connectivity index (χ4n) is 3.10. The molecule has 0 aromatic heterocycles. The first-order valence-electron chi connectivity index (χ1n) is 6.82. The molecule has 1 atom stereocenters. The summed E-state index contributed by atoms with van der Waals surface area (Å²) in [5, 5.41) is 0. The number of rotatable bonds is 4. The topological polar surface area (TPSA) is 17.1 Å². The molecule has 1 aliphatic rings. The van der Waals surface area contributed by atoms with Gasteiger partial charge < -0.3 is 4.79 Å². The normalized spacial score (nSPS) is 18.9. The van der Waals surface area contributed by atoms with Crippen LogP contribution < -0.4 is 0 Å². The van der Waals surface area contributed by atoms with Gasteiger partial charge in [0.1, 0.15) is 5.78 Å². The van der Waals surface area contributed by atoms with Crippen LogP contribution in [-0.2, 0) is 4.79 Å². The van der Waals surface area contributed by atoms with Crippen LogP contribution in [-0.4, -0.2) is 5.78 Å². The zero-order valence-electron chi connectivity index (χ0n) is 10.7. The molecule has 0 aliphatic heterocycles. The highest BCUT2D eigenvalue weighted by Crippen LogP contribution is 2.38. The largest absolute Gasteiger partial charge is 0.300 e. The number of hydrogen-bond acceptors (Lipinski definition) is 1. The van der Waals surface area contributed by atoms with Crippen LogP contribution in [0.3, 0.4) is 0 Å². The molecule has 2 rings (SSSR count). The van der Waals surface area contributed by atoms with E-state index in [2.05, 4.69) is 30.3 Å². The SMILES string of the molecule is CC(=O)CC(c1ccccc1)C1CCCCC1. The molecule has 17 heavy (non-hydrogen) atoms. The maximum Gasteiger partial charge on any atom is 0.130 e. The Morgan fingerprint density at radius 1 is 1.18 bits per heavy atom. The van der Waals surface area contributed by atoms with Crippen molar-refractivity contribution in [3.05, 3.63) is 35.9 Å². The number of hydrogen-bond donors (Lipinski definition) is 0. The first-order valence-corrected chi connectivity index (χ1v) is 6.82. The van der Waals surface area contributed by atoms with E-state index in [0.29, 0.717) is 18.1 Å². The number of Topliss-reactive ketones (excluding diaryl/α,β-unsaturated/α-hetero) is 1. The van der Waals surface area contributed by atoms with Crippen molar-refractivity contribution in [2.75, 3.05) is 0 Å². The van der Waals surface area contributed by atoms with Crippen molar-refractivity contribution in [3.8, 4) is 0 Å². The molecule has 0 amide bonds. The lowest BCUT2D eigenvalue weighted by atomic mass is 9.75. The van der Waals surface area contributed by atoms with Gasteiger partial charge in [-0.25, -0.2) is 0 Å². The van der Waals surface area contributed by atoms with Crippen molar-refractivity contribution in [1.82, 2.24) is 0 Å². The molecule has 0 radical (unpaired) electrons. The van der Waals surface area contributed by atoms with Crippen LogP contribution in [0.1, 0.15) is 56.9 Å². The van der Waals surface area contributed by atoms with Crippen LogP contribution in [0.5, 0.6) is 0 Å². The molecular formula is C16H22O. The molecule has 1 nitrogen and oxygen atoms in total. The smallest absolute Gasteiger partial charge is 0.130 e. The van der Waals surface area contributed by atoms with E-state index in [0.717, 1.165) is 5.92 Å². The summed E-state index contributed by atoms with van der Waals surface area (Å²) in [5.74, 6) is 1.49. The van der Waals surface area contributed by atoms with Crippen molar-refractivity contribution in [2.45, 2.75) is 51.4 Å². The number of carbonyl (C=O) groups is 1. The highest BCUT2D eigenvalue weighted by Gasteiger charge is 2.25. The van der Waals surface area contributed by atoms with Gasteiger partial charge in [-0.05, 0) is 37.2 Å². The van der Waals surface area contributed by atoms with E-state index >= 15 is 0 Å². The molecule has 0 saturated heterocycles. The third-order valence-corrected chi connectivity index (χ3v) is 3.95. The van der Waals surface area contributed by atoms with E-state index in [4.69, 9.17) is 0 Å². The fraction of sp³-hybridized carbons (Fsp3) is 0.562. The van der Waals surface area contributed by atoms with Crippen LogP contribution in [0.15, 0.2) is 30.3 Å². The van der Waals surface area contributed by atoms with E-state index in [9.17, 15) is 4.79 Å². The molecule has 1 aromatic rings. The maximum absolute atomic E-state index is 11.5. The minimum Gasteiger partial charge on any atom is -0.300 e. The predicted octanol–water partition coefficient (Wildman–Crippen LogP) is 4.33. The Kier molecular flexibility index (Phi) is 4.36. The van der Waals surface area contributed by atoms with E-state index in [1.807, 2.05) is 0 Å². The highest BCUT2D eigenvalue weighted by molar-refractivity contribution is 5.76. The molecule has 1 aliphatic carbocycles. The number of carbonyl (C=O) groups excluding carboxylic acids is 1. The van der Waals surface area contributed by atoms with Crippen molar-refractivity contribution in [3.63, 3.8) is 0 Å². The minimum absolute atomic E-state index is 0.324. The predicted molar refractivity (Wildman–Crippen MR) is 71.1 cm³/mol. The lowest BCUT2D eigenvalue weighted by molar-refractivity contribution is -0.117. The lowest BCUT2D eigenvalue weighted by Crippen LogP contribution is -2.18. The molecular weight excluding hydrogens is 208 g/mol. The van der Waals surface area contributed by atoms with Crippen molar-refractivity contribution >= 4 is 5.78 Å². The first-order chi connectivity index (χ1) is 8.27. The zero-order chi connectivity index (χ0) is 12.1. The zero-order valence-corrected chi connectivity index (χ0v) is 10.7. The van der Waals surface area contributed by atoms with Gasteiger partial charge in [0.05, 0.1) is 0 Å². The van der Waals surface area contributed by atoms with E-state index in [1.165, 1.54) is 37.7 Å². The van der Waals surface area contributed by atoms with Crippen LogP contribution in [0.2, 0.25) is 0 Å². The Bertz CT molecular complexity index is 349. The number of benzene rings is 1. The number of ketones is 1. The standard InChI is InChI=1S/C16H22O/c1-13(17)12-16(14-8-4-2-5-9-14)15-10-6-3-7-11-15/h2,4-5,8-9,15-16H,3,6-7,10-12H2,1H3. The second-order valence-electron chi connectivity index (χ2n) is 5.32. The summed E-state index contributed by atoms with van der Waals surface area (Å²) in [7, 11) is 0. The average Bonchev–Trinajstić information content (AvgIpc) is 2.38. The van der Waals surface area contributed by atoms with E-state index < -0.39 is 0 Å². The average molecular weight is 230 g/mol. The van der Waals surface area contributed by atoms with Gasteiger partial charge in [0.25, 0.3) is 0 Å². The third kappa shape index (κ3) is 3.42. The quantitative estimate of drug-likeness (QED) is 0.752. The molecule has 1 aromatic carbocycles. The van der Waals surface area contributed by atoms with Gasteiger partial charge in [0, 0.05) is 6.42 Å². The molecule has 1 unspecified atom stereocenters. The summed E-state index contributed by atoms with van der Waals surface area (Å²) in [4.78, 5) is 11.5. The second kappa shape index (κ2) is 6.00. The Hall–Kier alpha value is -1.11. The van der Waals surface area contributed by atoms with Crippen molar-refractivity contribution < 1.29 is 4.79 Å². The van der Waals surface area contributed by atoms with Crippen molar-refractivity contribution in [1.29, 1.82) is 0 Å². The molecule has 1 fully saturated rings. The van der Waals surface area contributed by atoms with Gasteiger partial charge in [0.15, 0.2) is 0 Å². The Morgan fingerprint density at radius 2 is 1.82 bits per heavy atom. The fourth-order valence-corrected chi connectivity index (χ4v) is 3.10. The summed E-state index contributed by atoms with van der Waals surface area (Å²) in [6.45, 7) is 1.72. The third-order valence-electron chi connectivity index (χ3n) is 3.95. The molecule has 0 heterocycles. The van der Waals surface area contributed by atoms with Crippen LogP contribution in [0.4, 0.5) is 0 Å². The van der Waals surface area contributed by atoms with Gasteiger partial charge in [-0.3, -0.25) is 0 Å². The first kappa shape index (κ1) is 12.3. The maximum atomic E-state index is 11.5. The van der Waals surface area contributed by atoms with Gasteiger partial charge in [-0.1, -0.05) is 49.6 Å². The van der Waals surface area contributed by atoms with Crippen molar-refractivity contribution in [2.24, 2.45) is 5.92 Å². The van der Waals surface area contributed by atoms with Crippen LogP contribution in [0.25, 0.3) is 0 Å². The molecule has 1 saturated carbocycles.